The zero-order valence-electron chi connectivity index (χ0n) is 16.3. The van der Waals surface area contributed by atoms with E-state index in [1.165, 1.54) is 24.0 Å². The number of likely N-dealkylation sites (tertiary alicyclic amines) is 1. The Hall–Kier alpha value is -2.32. The Balaban J connectivity index is 1.48. The number of amides is 2. The van der Waals surface area contributed by atoms with E-state index in [2.05, 4.69) is 41.7 Å². The van der Waals surface area contributed by atoms with Crippen LogP contribution in [0.5, 0.6) is 0 Å². The van der Waals surface area contributed by atoms with Gasteiger partial charge in [0.15, 0.2) is 0 Å². The number of rotatable bonds is 4. The highest BCUT2D eigenvalue weighted by Crippen LogP contribution is 2.41. The number of benzene rings is 1. The minimum Gasteiger partial charge on any atom is -0.394 e. The van der Waals surface area contributed by atoms with E-state index in [-0.39, 0.29) is 30.6 Å². The number of hydrogen-bond donors (Lipinski definition) is 2. The van der Waals surface area contributed by atoms with Gasteiger partial charge in [-0.15, -0.1) is 0 Å². The molecule has 1 saturated heterocycles. The average molecular weight is 380 g/mol. The van der Waals surface area contributed by atoms with Crippen LogP contribution in [-0.2, 0) is 0 Å². The Morgan fingerprint density at radius 2 is 1.93 bits per heavy atom. The highest BCUT2D eigenvalue weighted by Gasteiger charge is 2.52. The fourth-order valence-corrected chi connectivity index (χ4v) is 5.03. The molecule has 0 unspecified atom stereocenters. The minimum absolute atomic E-state index is 0.131. The van der Waals surface area contributed by atoms with Gasteiger partial charge in [-0.25, -0.2) is 4.79 Å². The van der Waals surface area contributed by atoms with E-state index in [0.717, 1.165) is 44.1 Å². The summed E-state index contributed by atoms with van der Waals surface area (Å²) < 4.78 is 0. The van der Waals surface area contributed by atoms with E-state index >= 15 is 0 Å². The molecule has 5 heteroatoms. The molecule has 2 N–H and O–H groups in total. The Morgan fingerprint density at radius 3 is 2.54 bits per heavy atom. The van der Waals surface area contributed by atoms with Crippen LogP contribution in [0.2, 0.25) is 0 Å². The van der Waals surface area contributed by atoms with Crippen LogP contribution in [-0.4, -0.2) is 40.8 Å². The molecule has 1 heterocycles. The first-order valence-electron chi connectivity index (χ1n) is 10.6. The molecule has 2 aliphatic carbocycles. The monoisotopic (exact) mass is 379 g/mol. The van der Waals surface area contributed by atoms with Gasteiger partial charge in [-0.1, -0.05) is 43.2 Å². The van der Waals surface area contributed by atoms with Gasteiger partial charge >= 0.3 is 6.03 Å². The zero-order chi connectivity index (χ0) is 19.5. The lowest BCUT2D eigenvalue weighted by Crippen LogP contribution is -2.67. The third kappa shape index (κ3) is 3.54. The summed E-state index contributed by atoms with van der Waals surface area (Å²) in [5.74, 6) is -0.140. The normalized spacial score (nSPS) is 27.6. The van der Waals surface area contributed by atoms with Crippen LogP contribution in [0.1, 0.15) is 68.4 Å². The molecule has 1 aliphatic heterocycles. The molecule has 0 radical (unpaired) electrons. The molecule has 4 rings (SSSR count). The summed E-state index contributed by atoms with van der Waals surface area (Å²) in [5, 5.41) is 22.7. The van der Waals surface area contributed by atoms with Crippen LogP contribution in [0.4, 0.5) is 4.79 Å². The highest BCUT2D eigenvalue weighted by molar-refractivity contribution is 5.78. The van der Waals surface area contributed by atoms with Crippen LogP contribution in [0.25, 0.3) is 5.57 Å². The molecule has 28 heavy (non-hydrogen) atoms. The van der Waals surface area contributed by atoms with Crippen LogP contribution < -0.4 is 5.32 Å². The lowest BCUT2D eigenvalue weighted by atomic mass is 9.75. The Morgan fingerprint density at radius 1 is 1.18 bits per heavy atom. The summed E-state index contributed by atoms with van der Waals surface area (Å²) in [5.41, 5.74) is 3.67. The minimum atomic E-state index is -0.529. The quantitative estimate of drug-likeness (QED) is 0.832. The summed E-state index contributed by atoms with van der Waals surface area (Å²) in [7, 11) is 0. The van der Waals surface area contributed by atoms with Crippen molar-refractivity contribution in [2.45, 2.75) is 75.4 Å². The Kier molecular flexibility index (Phi) is 5.68. The molecular weight excluding hydrogens is 350 g/mol. The van der Waals surface area contributed by atoms with Crippen molar-refractivity contribution >= 4 is 11.6 Å². The van der Waals surface area contributed by atoms with Gasteiger partial charge in [0, 0.05) is 12.0 Å². The van der Waals surface area contributed by atoms with Gasteiger partial charge in [0.25, 0.3) is 0 Å². The van der Waals surface area contributed by atoms with Crippen molar-refractivity contribution in [1.82, 2.24) is 10.2 Å². The van der Waals surface area contributed by atoms with Gasteiger partial charge in [-0.05, 0) is 55.2 Å². The molecule has 1 aromatic rings. The van der Waals surface area contributed by atoms with Crippen LogP contribution in [0, 0.1) is 11.3 Å². The number of nitrogens with one attached hydrogen (secondary N) is 1. The maximum atomic E-state index is 12.7. The van der Waals surface area contributed by atoms with Crippen molar-refractivity contribution in [1.29, 1.82) is 5.26 Å². The summed E-state index contributed by atoms with van der Waals surface area (Å²) in [6, 6.07) is 9.78. The summed E-state index contributed by atoms with van der Waals surface area (Å²) in [6.07, 6.45) is 11.4. The van der Waals surface area contributed by atoms with E-state index in [1.807, 2.05) is 0 Å². The zero-order valence-corrected chi connectivity index (χ0v) is 16.3. The second-order valence-corrected chi connectivity index (χ2v) is 8.28. The fraction of sp³-hybridized carbons (Fsp3) is 0.565. The molecule has 2 fully saturated rings. The van der Waals surface area contributed by atoms with Crippen molar-refractivity contribution in [3.8, 4) is 6.07 Å². The molecule has 0 bridgehead atoms. The van der Waals surface area contributed by atoms with Crippen LogP contribution >= 0.6 is 0 Å². The van der Waals surface area contributed by atoms with Gasteiger partial charge in [0.05, 0.1) is 18.7 Å². The smallest absolute Gasteiger partial charge is 0.319 e. The number of carbonyl (C=O) groups excluding carboxylic acids is 1. The first-order chi connectivity index (χ1) is 13.7. The van der Waals surface area contributed by atoms with Crippen molar-refractivity contribution in [3.05, 3.63) is 41.5 Å². The van der Waals surface area contributed by atoms with Gasteiger partial charge in [0.1, 0.15) is 6.04 Å². The molecule has 5 nitrogen and oxygen atoms in total. The van der Waals surface area contributed by atoms with Crippen LogP contribution in [0.3, 0.4) is 0 Å². The van der Waals surface area contributed by atoms with Crippen molar-refractivity contribution in [2.75, 3.05) is 6.61 Å². The number of aliphatic hydroxyl groups is 1. The predicted molar refractivity (Wildman–Crippen MR) is 109 cm³/mol. The Labute approximate surface area is 167 Å². The maximum absolute atomic E-state index is 12.7. The largest absolute Gasteiger partial charge is 0.394 e. The average Bonchev–Trinajstić information content (AvgIpc) is 3.22. The number of nitriles is 1. The molecule has 148 valence electrons. The van der Waals surface area contributed by atoms with Crippen LogP contribution in [0.15, 0.2) is 30.3 Å². The number of aliphatic hydroxyl groups excluding tert-OH is 1. The van der Waals surface area contributed by atoms with Gasteiger partial charge < -0.3 is 15.3 Å². The van der Waals surface area contributed by atoms with Crippen molar-refractivity contribution in [2.24, 2.45) is 0 Å². The highest BCUT2D eigenvalue weighted by atomic mass is 16.3. The van der Waals surface area contributed by atoms with E-state index in [0.29, 0.717) is 0 Å². The van der Waals surface area contributed by atoms with E-state index in [4.69, 9.17) is 0 Å². The lowest BCUT2D eigenvalue weighted by molar-refractivity contribution is 0.0158. The molecule has 0 aromatic heterocycles. The van der Waals surface area contributed by atoms with Gasteiger partial charge in [-0.2, -0.15) is 5.26 Å². The second kappa shape index (κ2) is 8.36. The molecule has 3 aliphatic rings. The molecule has 3 atom stereocenters. The second-order valence-electron chi connectivity index (χ2n) is 8.28. The fourth-order valence-electron chi connectivity index (χ4n) is 5.03. The van der Waals surface area contributed by atoms with Crippen molar-refractivity contribution < 1.29 is 9.90 Å². The summed E-state index contributed by atoms with van der Waals surface area (Å²) in [6.45, 7) is -0.131. The molecule has 1 saturated carbocycles. The summed E-state index contributed by atoms with van der Waals surface area (Å²) >= 11 is 0. The molecule has 0 spiro atoms. The predicted octanol–water partition coefficient (Wildman–Crippen LogP) is 3.95. The van der Waals surface area contributed by atoms with Crippen molar-refractivity contribution in [3.63, 3.8) is 0 Å². The standard InChI is InChI=1S/C23H29N3O2/c24-14-20-22(18-12-10-17(11-13-18)16-6-2-1-3-7-16)21(15-27)26(20)23(28)25-19-8-4-5-9-19/h6,10-13,19-22,27H,1-5,7-9,15H2,(H,25,28)/t20-,21-,22-/m1/s1. The van der Waals surface area contributed by atoms with Gasteiger partial charge in [-0.3, -0.25) is 0 Å². The SMILES string of the molecule is N#C[C@@H]1[C@@H](c2ccc(C3=CCCCC3)cc2)[C@@H](CO)N1C(=O)NC1CCCC1. The number of urea groups is 1. The number of hydrogen-bond acceptors (Lipinski definition) is 3. The van der Waals surface area contributed by atoms with Gasteiger partial charge in [0.2, 0.25) is 0 Å². The number of nitrogens with zero attached hydrogens (tertiary/aromatic N) is 2. The Bertz CT molecular complexity index is 774. The van der Waals surface area contributed by atoms with E-state index in [9.17, 15) is 15.2 Å². The van der Waals surface area contributed by atoms with E-state index < -0.39 is 6.04 Å². The van der Waals surface area contributed by atoms with E-state index in [1.54, 1.807) is 4.90 Å². The third-order valence-corrected chi connectivity index (χ3v) is 6.61. The first kappa shape index (κ1) is 19.0. The molecular formula is C23H29N3O2. The number of allylic oxidation sites excluding steroid dienone is 2. The summed E-state index contributed by atoms with van der Waals surface area (Å²) in [4.78, 5) is 14.2. The topological polar surface area (TPSA) is 76.4 Å². The first-order valence-corrected chi connectivity index (χ1v) is 10.6. The lowest BCUT2D eigenvalue weighted by Gasteiger charge is -2.51. The molecule has 1 aromatic carbocycles. The molecule has 2 amide bonds. The maximum Gasteiger partial charge on any atom is 0.319 e. The number of carbonyl (C=O) groups is 1. The third-order valence-electron chi connectivity index (χ3n) is 6.61.